The molecule has 3 aromatic rings. The van der Waals surface area contributed by atoms with E-state index in [1.807, 2.05) is 59.2 Å². The van der Waals surface area contributed by atoms with Crippen molar-refractivity contribution in [2.24, 2.45) is 5.73 Å². The van der Waals surface area contributed by atoms with Crippen molar-refractivity contribution in [3.63, 3.8) is 0 Å². The third kappa shape index (κ3) is 5.88. The summed E-state index contributed by atoms with van der Waals surface area (Å²) in [6.45, 7) is 0.542. The van der Waals surface area contributed by atoms with Crippen LogP contribution in [0.1, 0.15) is 31.5 Å². The highest BCUT2D eigenvalue weighted by atomic mass is 35.5. The Morgan fingerprint density at radius 2 is 1.70 bits per heavy atom. The van der Waals surface area contributed by atoms with E-state index >= 15 is 0 Å². The first kappa shape index (κ1) is 24.0. The molecule has 1 amide bonds. The zero-order chi connectivity index (χ0) is 19.3. The van der Waals surface area contributed by atoms with Gasteiger partial charge in [0.1, 0.15) is 24.7 Å². The van der Waals surface area contributed by atoms with Crippen LogP contribution >= 0.6 is 24.8 Å². The van der Waals surface area contributed by atoms with Crippen LogP contribution in [0.5, 0.6) is 5.75 Å². The van der Waals surface area contributed by atoms with Gasteiger partial charge in [0.2, 0.25) is 5.91 Å². The lowest BCUT2D eigenvalue weighted by atomic mass is 9.92. The van der Waals surface area contributed by atoms with Crippen LogP contribution in [-0.2, 0) is 17.9 Å². The summed E-state index contributed by atoms with van der Waals surface area (Å²) in [5, 5.41) is 3.16. The van der Waals surface area contributed by atoms with Gasteiger partial charge in [-0.3, -0.25) is 4.79 Å². The summed E-state index contributed by atoms with van der Waals surface area (Å²) < 4.78 is 7.82. The minimum atomic E-state index is 0. The van der Waals surface area contributed by atoms with Gasteiger partial charge in [0.25, 0.3) is 0 Å². The van der Waals surface area contributed by atoms with Crippen LogP contribution in [0.3, 0.4) is 0 Å². The summed E-state index contributed by atoms with van der Waals surface area (Å²) >= 11 is 0. The molecule has 1 heterocycles. The standard InChI is InChI=1S/C22H26N4O2.2ClH/c23-16-10-12-17(13-11-16)24-22(27)14-26-20-9-5-4-8-19(20)25-21(26)15-28-18-6-2-1-3-7-18;;/h1-9,16-17H,10-15,23H2,(H,24,27);2*1H. The number of fused-ring (bicyclic) bond motifs is 1. The van der Waals surface area contributed by atoms with Crippen molar-refractivity contribution in [2.45, 2.75) is 50.9 Å². The third-order valence-electron chi connectivity index (χ3n) is 5.28. The van der Waals surface area contributed by atoms with E-state index in [1.54, 1.807) is 0 Å². The van der Waals surface area contributed by atoms with Crippen molar-refractivity contribution in [2.75, 3.05) is 0 Å². The molecule has 0 aliphatic heterocycles. The molecular weight excluding hydrogens is 423 g/mol. The number of hydrogen-bond donors (Lipinski definition) is 2. The molecule has 8 heteroatoms. The average Bonchev–Trinajstić information content (AvgIpc) is 3.06. The average molecular weight is 451 g/mol. The lowest BCUT2D eigenvalue weighted by Gasteiger charge is -2.27. The molecule has 0 atom stereocenters. The number of rotatable bonds is 6. The second-order valence-electron chi connectivity index (χ2n) is 7.38. The summed E-state index contributed by atoms with van der Waals surface area (Å²) in [4.78, 5) is 17.4. The van der Waals surface area contributed by atoms with Crippen LogP contribution in [-0.4, -0.2) is 27.5 Å². The molecule has 6 nitrogen and oxygen atoms in total. The zero-order valence-corrected chi connectivity index (χ0v) is 18.3. The van der Waals surface area contributed by atoms with Gasteiger partial charge in [0.05, 0.1) is 11.0 Å². The molecule has 0 spiro atoms. The van der Waals surface area contributed by atoms with Gasteiger partial charge in [-0.25, -0.2) is 4.98 Å². The first-order valence-electron chi connectivity index (χ1n) is 9.86. The van der Waals surface area contributed by atoms with Crippen molar-refractivity contribution in [1.82, 2.24) is 14.9 Å². The van der Waals surface area contributed by atoms with Crippen molar-refractivity contribution in [3.05, 3.63) is 60.4 Å². The van der Waals surface area contributed by atoms with Gasteiger partial charge >= 0.3 is 0 Å². The number of carbonyl (C=O) groups excluding carboxylic acids is 1. The molecule has 4 rings (SSSR count). The summed E-state index contributed by atoms with van der Waals surface area (Å²) in [7, 11) is 0. The highest BCUT2D eigenvalue weighted by Gasteiger charge is 2.21. The molecule has 30 heavy (non-hydrogen) atoms. The number of aromatic nitrogens is 2. The predicted molar refractivity (Wildman–Crippen MR) is 123 cm³/mol. The van der Waals surface area contributed by atoms with E-state index in [4.69, 9.17) is 10.5 Å². The Hall–Kier alpha value is -2.28. The fourth-order valence-corrected chi connectivity index (χ4v) is 3.76. The SMILES string of the molecule is Cl.Cl.NC1CCC(NC(=O)Cn2c(COc3ccccc3)nc3ccccc32)CC1. The number of amides is 1. The van der Waals surface area contributed by atoms with Gasteiger partial charge in [0, 0.05) is 12.1 Å². The van der Waals surface area contributed by atoms with Crippen molar-refractivity contribution >= 4 is 41.8 Å². The van der Waals surface area contributed by atoms with Crippen LogP contribution in [0, 0.1) is 0 Å². The normalized spacial score (nSPS) is 18.2. The quantitative estimate of drug-likeness (QED) is 0.597. The maximum atomic E-state index is 12.7. The fourth-order valence-electron chi connectivity index (χ4n) is 3.76. The van der Waals surface area contributed by atoms with Gasteiger partial charge in [-0.1, -0.05) is 30.3 Å². The number of carbonyl (C=O) groups is 1. The molecular formula is C22H28Cl2N4O2. The maximum absolute atomic E-state index is 12.7. The highest BCUT2D eigenvalue weighted by Crippen LogP contribution is 2.20. The summed E-state index contributed by atoms with van der Waals surface area (Å²) in [5.41, 5.74) is 7.77. The molecule has 1 saturated carbocycles. The molecule has 2 aromatic carbocycles. The molecule has 0 bridgehead atoms. The zero-order valence-electron chi connectivity index (χ0n) is 16.7. The Morgan fingerprint density at radius 3 is 2.43 bits per heavy atom. The molecule has 0 unspecified atom stereocenters. The number of nitrogens with two attached hydrogens (primary N) is 1. The molecule has 1 aliphatic carbocycles. The minimum Gasteiger partial charge on any atom is -0.486 e. The second-order valence-corrected chi connectivity index (χ2v) is 7.38. The summed E-state index contributed by atoms with van der Waals surface area (Å²) in [6, 6.07) is 18.0. The lowest BCUT2D eigenvalue weighted by Crippen LogP contribution is -2.41. The van der Waals surface area contributed by atoms with Crippen LogP contribution in [0.15, 0.2) is 54.6 Å². The Balaban J connectivity index is 0.00000160. The summed E-state index contributed by atoms with van der Waals surface area (Å²) in [6.07, 6.45) is 3.83. The van der Waals surface area contributed by atoms with E-state index in [-0.39, 0.29) is 49.3 Å². The number of ether oxygens (including phenoxy) is 1. The molecule has 1 aromatic heterocycles. The molecule has 0 saturated heterocycles. The van der Waals surface area contributed by atoms with E-state index in [2.05, 4.69) is 10.3 Å². The number of nitrogens with zero attached hydrogens (tertiary/aromatic N) is 2. The monoisotopic (exact) mass is 450 g/mol. The van der Waals surface area contributed by atoms with Crippen LogP contribution in [0.4, 0.5) is 0 Å². The van der Waals surface area contributed by atoms with E-state index in [9.17, 15) is 4.79 Å². The fraction of sp³-hybridized carbons (Fsp3) is 0.364. The number of halogens is 2. The number of benzene rings is 2. The Kier molecular flexibility index (Phi) is 8.96. The van der Waals surface area contributed by atoms with Gasteiger partial charge in [-0.05, 0) is 49.9 Å². The smallest absolute Gasteiger partial charge is 0.240 e. The second kappa shape index (κ2) is 11.2. The van der Waals surface area contributed by atoms with Crippen molar-refractivity contribution in [1.29, 1.82) is 0 Å². The summed E-state index contributed by atoms with van der Waals surface area (Å²) in [5.74, 6) is 1.53. The van der Waals surface area contributed by atoms with Gasteiger partial charge in [-0.15, -0.1) is 24.8 Å². The van der Waals surface area contributed by atoms with Crippen LogP contribution in [0.2, 0.25) is 0 Å². The predicted octanol–water partition coefficient (Wildman–Crippen LogP) is 3.85. The molecule has 0 radical (unpaired) electrons. The first-order chi connectivity index (χ1) is 13.7. The highest BCUT2D eigenvalue weighted by molar-refractivity contribution is 5.85. The maximum Gasteiger partial charge on any atom is 0.240 e. The van der Waals surface area contributed by atoms with Crippen LogP contribution < -0.4 is 15.8 Å². The largest absolute Gasteiger partial charge is 0.486 e. The minimum absolute atomic E-state index is 0. The van der Waals surface area contributed by atoms with Crippen molar-refractivity contribution in [3.8, 4) is 5.75 Å². The van der Waals surface area contributed by atoms with Crippen LogP contribution in [0.25, 0.3) is 11.0 Å². The third-order valence-corrected chi connectivity index (χ3v) is 5.28. The van der Waals surface area contributed by atoms with E-state index < -0.39 is 0 Å². The first-order valence-corrected chi connectivity index (χ1v) is 9.86. The topological polar surface area (TPSA) is 82.2 Å². The number of para-hydroxylation sites is 3. The molecule has 1 aliphatic rings. The molecule has 1 fully saturated rings. The van der Waals surface area contributed by atoms with E-state index in [0.29, 0.717) is 6.61 Å². The molecule has 3 N–H and O–H groups in total. The van der Waals surface area contributed by atoms with E-state index in [1.165, 1.54) is 0 Å². The Morgan fingerprint density at radius 1 is 1.03 bits per heavy atom. The number of hydrogen-bond acceptors (Lipinski definition) is 4. The lowest BCUT2D eigenvalue weighted by molar-refractivity contribution is -0.122. The van der Waals surface area contributed by atoms with Gasteiger partial charge in [0.15, 0.2) is 0 Å². The van der Waals surface area contributed by atoms with Gasteiger partial charge < -0.3 is 20.4 Å². The van der Waals surface area contributed by atoms with Gasteiger partial charge in [-0.2, -0.15) is 0 Å². The Bertz CT molecular complexity index is 941. The Labute approximate surface area is 189 Å². The molecule has 162 valence electrons. The number of nitrogens with one attached hydrogen (secondary N) is 1. The van der Waals surface area contributed by atoms with E-state index in [0.717, 1.165) is 48.3 Å². The van der Waals surface area contributed by atoms with Crippen molar-refractivity contribution < 1.29 is 9.53 Å². The number of imidazole rings is 1.